The van der Waals surface area contributed by atoms with E-state index in [-0.39, 0.29) is 0 Å². The summed E-state index contributed by atoms with van der Waals surface area (Å²) < 4.78 is 6.90. The van der Waals surface area contributed by atoms with Crippen molar-refractivity contribution in [2.75, 3.05) is 7.11 Å². The molecule has 0 N–H and O–H groups in total. The number of nitrogens with zero attached hydrogens (tertiary/aromatic N) is 4. The van der Waals surface area contributed by atoms with Gasteiger partial charge in [-0.05, 0) is 23.6 Å². The molecule has 0 spiro atoms. The Bertz CT molecular complexity index is 785. The molecule has 0 amide bonds. The van der Waals surface area contributed by atoms with Gasteiger partial charge in [-0.2, -0.15) is 5.26 Å². The molecule has 0 saturated heterocycles. The quantitative estimate of drug-likeness (QED) is 0.700. The van der Waals surface area contributed by atoms with Gasteiger partial charge >= 0.3 is 0 Å². The molecule has 5 nitrogen and oxygen atoms in total. The van der Waals surface area contributed by atoms with Crippen molar-refractivity contribution in [3.8, 4) is 17.6 Å². The van der Waals surface area contributed by atoms with Gasteiger partial charge in [0.2, 0.25) is 5.82 Å². The molecular weight excluding hydrogens is 240 g/mol. The van der Waals surface area contributed by atoms with Crippen molar-refractivity contribution in [3.63, 3.8) is 0 Å². The highest BCUT2D eigenvalue weighted by molar-refractivity contribution is 5.89. The van der Waals surface area contributed by atoms with E-state index in [4.69, 9.17) is 10.00 Å². The fourth-order valence-electron chi connectivity index (χ4n) is 2.01. The number of nitriles is 1. The molecule has 0 bridgehead atoms. The molecule has 0 aliphatic carbocycles. The molecule has 0 aliphatic rings. The summed E-state index contributed by atoms with van der Waals surface area (Å²) in [5.41, 5.74) is 0. The van der Waals surface area contributed by atoms with Crippen LogP contribution in [0.5, 0.6) is 5.75 Å². The van der Waals surface area contributed by atoms with Crippen molar-refractivity contribution >= 4 is 10.8 Å². The van der Waals surface area contributed by atoms with E-state index in [0.29, 0.717) is 11.6 Å². The molecule has 0 aliphatic heterocycles. The van der Waals surface area contributed by atoms with E-state index in [0.717, 1.165) is 16.5 Å². The lowest BCUT2D eigenvalue weighted by Crippen LogP contribution is -2.00. The second kappa shape index (κ2) is 4.42. The van der Waals surface area contributed by atoms with Crippen LogP contribution >= 0.6 is 0 Å². The van der Waals surface area contributed by atoms with Gasteiger partial charge in [-0.1, -0.05) is 6.07 Å². The van der Waals surface area contributed by atoms with E-state index in [1.807, 2.05) is 30.3 Å². The van der Waals surface area contributed by atoms with E-state index >= 15 is 0 Å². The summed E-state index contributed by atoms with van der Waals surface area (Å²) in [4.78, 5) is 8.34. The number of rotatable bonds is 2. The number of benzene rings is 1. The molecule has 2 heterocycles. The first-order valence-electron chi connectivity index (χ1n) is 5.70. The minimum atomic E-state index is 0.308. The van der Waals surface area contributed by atoms with Crippen molar-refractivity contribution < 1.29 is 4.74 Å². The van der Waals surface area contributed by atoms with Crippen LogP contribution in [0.25, 0.3) is 16.6 Å². The molecule has 92 valence electrons. The Morgan fingerprint density at radius 2 is 2.11 bits per heavy atom. The van der Waals surface area contributed by atoms with Gasteiger partial charge < -0.3 is 4.74 Å². The van der Waals surface area contributed by atoms with Gasteiger partial charge in [-0.15, -0.1) is 0 Å². The lowest BCUT2D eigenvalue weighted by molar-refractivity contribution is 0.415. The molecule has 0 atom stereocenters. The summed E-state index contributed by atoms with van der Waals surface area (Å²) in [5.74, 6) is 1.73. The minimum absolute atomic E-state index is 0.308. The van der Waals surface area contributed by atoms with Crippen molar-refractivity contribution in [3.05, 3.63) is 48.7 Å². The highest BCUT2D eigenvalue weighted by Gasteiger charge is 2.09. The maximum atomic E-state index is 9.06. The summed E-state index contributed by atoms with van der Waals surface area (Å²) in [6.07, 6.45) is 5.02. The fourth-order valence-corrected chi connectivity index (χ4v) is 2.01. The molecule has 19 heavy (non-hydrogen) atoms. The number of hydrogen-bond donors (Lipinski definition) is 0. The highest BCUT2D eigenvalue weighted by atomic mass is 16.5. The summed E-state index contributed by atoms with van der Waals surface area (Å²) in [5, 5.41) is 11.0. The van der Waals surface area contributed by atoms with Gasteiger partial charge in [0.25, 0.3) is 0 Å². The molecule has 1 aromatic carbocycles. The number of pyridine rings is 1. The zero-order valence-corrected chi connectivity index (χ0v) is 10.2. The summed E-state index contributed by atoms with van der Waals surface area (Å²) in [7, 11) is 1.62. The van der Waals surface area contributed by atoms with E-state index in [1.165, 1.54) is 0 Å². The van der Waals surface area contributed by atoms with Crippen molar-refractivity contribution in [2.24, 2.45) is 0 Å². The third kappa shape index (κ3) is 1.79. The fraction of sp³-hybridized carbons (Fsp3) is 0.0714. The standard InChI is InChI=1S/C14H10N4O/c1-19-11-3-2-10-4-5-17-14(12(10)8-11)18-7-6-16-13(18)9-15/h2-8H,1H3. The number of methoxy groups -OCH3 is 1. The molecule has 2 aromatic heterocycles. The lowest BCUT2D eigenvalue weighted by atomic mass is 10.1. The average Bonchev–Trinajstić information content (AvgIpc) is 2.94. The Morgan fingerprint density at radius 1 is 1.21 bits per heavy atom. The summed E-state index contributed by atoms with van der Waals surface area (Å²) >= 11 is 0. The van der Waals surface area contributed by atoms with Crippen LogP contribution in [0.3, 0.4) is 0 Å². The molecule has 5 heteroatoms. The van der Waals surface area contributed by atoms with Crippen LogP contribution in [0.4, 0.5) is 0 Å². The molecule has 0 fully saturated rings. The van der Waals surface area contributed by atoms with E-state index in [1.54, 1.807) is 30.3 Å². The van der Waals surface area contributed by atoms with E-state index < -0.39 is 0 Å². The Labute approximate surface area is 109 Å². The summed E-state index contributed by atoms with van der Waals surface area (Å²) in [6.45, 7) is 0. The van der Waals surface area contributed by atoms with Crippen LogP contribution < -0.4 is 4.74 Å². The van der Waals surface area contributed by atoms with Crippen molar-refractivity contribution in [2.45, 2.75) is 0 Å². The first-order chi connectivity index (χ1) is 9.33. The first kappa shape index (κ1) is 11.2. The Kier molecular flexibility index (Phi) is 2.62. The predicted octanol–water partition coefficient (Wildman–Crippen LogP) is 2.30. The van der Waals surface area contributed by atoms with Crippen LogP contribution in [0.2, 0.25) is 0 Å². The van der Waals surface area contributed by atoms with Crippen molar-refractivity contribution in [1.29, 1.82) is 5.26 Å². The van der Waals surface area contributed by atoms with Gasteiger partial charge in [-0.25, -0.2) is 9.97 Å². The molecule has 0 saturated carbocycles. The summed E-state index contributed by atoms with van der Waals surface area (Å²) in [6, 6.07) is 9.72. The Morgan fingerprint density at radius 3 is 2.89 bits per heavy atom. The monoisotopic (exact) mass is 250 g/mol. The van der Waals surface area contributed by atoms with E-state index in [9.17, 15) is 0 Å². The molecule has 0 unspecified atom stereocenters. The van der Waals surface area contributed by atoms with Crippen molar-refractivity contribution in [1.82, 2.24) is 14.5 Å². The van der Waals surface area contributed by atoms with Crippen LogP contribution in [0.15, 0.2) is 42.9 Å². The topological polar surface area (TPSA) is 63.7 Å². The third-order valence-corrected chi connectivity index (χ3v) is 2.92. The number of ether oxygens (including phenoxy) is 1. The number of aromatic nitrogens is 3. The van der Waals surface area contributed by atoms with Gasteiger partial charge in [0.05, 0.1) is 7.11 Å². The number of hydrogen-bond acceptors (Lipinski definition) is 4. The zero-order chi connectivity index (χ0) is 13.2. The molecule has 3 rings (SSSR count). The lowest BCUT2D eigenvalue weighted by Gasteiger charge is -2.08. The second-order valence-corrected chi connectivity index (χ2v) is 3.95. The largest absolute Gasteiger partial charge is 0.497 e. The molecular formula is C14H10N4O. The number of fused-ring (bicyclic) bond motifs is 1. The van der Waals surface area contributed by atoms with Crippen LogP contribution in [0, 0.1) is 11.3 Å². The predicted molar refractivity (Wildman–Crippen MR) is 70.1 cm³/mol. The number of imidazole rings is 1. The zero-order valence-electron chi connectivity index (χ0n) is 10.2. The maximum Gasteiger partial charge on any atom is 0.218 e. The molecule has 3 aromatic rings. The Balaban J connectivity index is 2.32. The van der Waals surface area contributed by atoms with Crippen LogP contribution in [0.1, 0.15) is 5.82 Å². The first-order valence-corrected chi connectivity index (χ1v) is 5.70. The van der Waals surface area contributed by atoms with Gasteiger partial charge in [0.1, 0.15) is 17.6 Å². The second-order valence-electron chi connectivity index (χ2n) is 3.95. The van der Waals surface area contributed by atoms with Crippen LogP contribution in [-0.2, 0) is 0 Å². The van der Waals surface area contributed by atoms with Gasteiger partial charge in [0.15, 0.2) is 0 Å². The van der Waals surface area contributed by atoms with E-state index in [2.05, 4.69) is 9.97 Å². The minimum Gasteiger partial charge on any atom is -0.497 e. The molecule has 0 radical (unpaired) electrons. The highest BCUT2D eigenvalue weighted by Crippen LogP contribution is 2.25. The third-order valence-electron chi connectivity index (χ3n) is 2.92. The van der Waals surface area contributed by atoms with Gasteiger partial charge in [-0.3, -0.25) is 4.57 Å². The Hall–Kier alpha value is -2.87. The van der Waals surface area contributed by atoms with Gasteiger partial charge in [0, 0.05) is 24.0 Å². The van der Waals surface area contributed by atoms with Crippen LogP contribution in [-0.4, -0.2) is 21.6 Å². The average molecular weight is 250 g/mol. The maximum absolute atomic E-state index is 9.06. The SMILES string of the molecule is COc1ccc2ccnc(-n3ccnc3C#N)c2c1. The normalized spacial score (nSPS) is 10.3. The smallest absolute Gasteiger partial charge is 0.218 e.